The van der Waals surface area contributed by atoms with Crippen LogP contribution in [0.1, 0.15) is 5.56 Å². The Bertz CT molecular complexity index is 1020. The number of fused-ring (bicyclic) bond motifs is 1. The third-order valence-electron chi connectivity index (χ3n) is 4.03. The van der Waals surface area contributed by atoms with Crippen LogP contribution in [0.5, 0.6) is 17.2 Å². The van der Waals surface area contributed by atoms with Crippen LogP contribution in [0.15, 0.2) is 43.0 Å². The maximum Gasteiger partial charge on any atom is 0.148 e. The van der Waals surface area contributed by atoms with E-state index in [4.69, 9.17) is 14.2 Å². The Morgan fingerprint density at radius 3 is 2.57 bits per heavy atom. The molecule has 0 amide bonds. The summed E-state index contributed by atoms with van der Waals surface area (Å²) in [5, 5.41) is 10.1. The number of hydrogen-bond donors (Lipinski definition) is 2. The topological polar surface area (TPSA) is 94.2 Å². The van der Waals surface area contributed by atoms with E-state index in [-0.39, 0.29) is 5.75 Å². The molecule has 0 saturated heterocycles. The van der Waals surface area contributed by atoms with Crippen molar-refractivity contribution in [3.63, 3.8) is 0 Å². The average Bonchev–Trinajstić information content (AvgIpc) is 2.82. The minimum absolute atomic E-state index is 0.284. The van der Waals surface area contributed by atoms with Gasteiger partial charge >= 0.3 is 0 Å². The van der Waals surface area contributed by atoms with Crippen LogP contribution in [0.4, 0.5) is 10.2 Å². The summed E-state index contributed by atoms with van der Waals surface area (Å²) in [4.78, 5) is 8.57. The summed E-state index contributed by atoms with van der Waals surface area (Å²) in [7, 11) is 4.62. The van der Waals surface area contributed by atoms with Crippen LogP contribution in [0.2, 0.25) is 0 Å². The van der Waals surface area contributed by atoms with E-state index in [2.05, 4.69) is 25.5 Å². The van der Waals surface area contributed by atoms with Gasteiger partial charge in [0.1, 0.15) is 47.1 Å². The molecule has 3 aromatic rings. The van der Waals surface area contributed by atoms with Gasteiger partial charge in [-0.1, -0.05) is 0 Å². The van der Waals surface area contributed by atoms with E-state index >= 15 is 0 Å². The molecule has 0 aliphatic carbocycles. The minimum atomic E-state index is -0.466. The number of halogens is 1. The number of aromatic nitrogens is 4. The summed E-state index contributed by atoms with van der Waals surface area (Å²) in [5.41, 5.74) is 1.30. The summed E-state index contributed by atoms with van der Waals surface area (Å²) < 4.78 is 30.0. The van der Waals surface area contributed by atoms with E-state index in [0.29, 0.717) is 34.8 Å². The first kappa shape index (κ1) is 19.2. The van der Waals surface area contributed by atoms with E-state index in [1.165, 1.54) is 31.9 Å². The Labute approximate surface area is 161 Å². The zero-order valence-corrected chi connectivity index (χ0v) is 15.7. The number of methoxy groups -OCH3 is 3. The molecule has 0 radical (unpaired) electrons. The molecule has 0 unspecified atom stereocenters. The van der Waals surface area contributed by atoms with E-state index in [1.54, 1.807) is 20.3 Å². The lowest BCUT2D eigenvalue weighted by Gasteiger charge is -2.12. The molecule has 0 aliphatic rings. The highest BCUT2D eigenvalue weighted by Gasteiger charge is 2.11. The van der Waals surface area contributed by atoms with Crippen LogP contribution in [-0.2, 0) is 6.54 Å². The first-order chi connectivity index (χ1) is 13.7. The van der Waals surface area contributed by atoms with E-state index in [0.717, 1.165) is 5.56 Å². The van der Waals surface area contributed by atoms with E-state index in [9.17, 15) is 4.39 Å². The van der Waals surface area contributed by atoms with Crippen molar-refractivity contribution < 1.29 is 18.6 Å². The van der Waals surface area contributed by atoms with Gasteiger partial charge in [0.05, 0.1) is 21.3 Å². The molecule has 0 fully saturated rings. The molecule has 0 spiro atoms. The predicted octanol–water partition coefficient (Wildman–Crippen LogP) is 3.25. The SMILES string of the molecule is COc1ccc(CNc2ncn[nH]cnc3c(OC)cc(F)cc23)c(OC)c1. The van der Waals surface area contributed by atoms with Crippen molar-refractivity contribution >= 4 is 16.7 Å². The molecule has 1 aromatic heterocycles. The number of ether oxygens (including phenoxy) is 3. The second kappa shape index (κ2) is 8.85. The smallest absolute Gasteiger partial charge is 0.148 e. The van der Waals surface area contributed by atoms with Crippen molar-refractivity contribution in [1.29, 1.82) is 0 Å². The molecule has 28 heavy (non-hydrogen) atoms. The zero-order valence-electron chi connectivity index (χ0n) is 15.7. The van der Waals surface area contributed by atoms with Crippen molar-refractivity contribution in [3.05, 3.63) is 54.4 Å². The Balaban J connectivity index is 2.07. The van der Waals surface area contributed by atoms with Crippen LogP contribution in [0.3, 0.4) is 0 Å². The summed E-state index contributed by atoms with van der Waals surface area (Å²) in [6.45, 7) is 0.370. The van der Waals surface area contributed by atoms with Gasteiger partial charge in [0.15, 0.2) is 0 Å². The van der Waals surface area contributed by atoms with Gasteiger partial charge in [-0.2, -0.15) is 5.10 Å². The third-order valence-corrected chi connectivity index (χ3v) is 4.03. The molecule has 8 nitrogen and oxygen atoms in total. The quantitative estimate of drug-likeness (QED) is 0.673. The predicted molar refractivity (Wildman–Crippen MR) is 103 cm³/mol. The highest BCUT2D eigenvalue weighted by Crippen LogP contribution is 2.29. The van der Waals surface area contributed by atoms with Gasteiger partial charge in [0.25, 0.3) is 0 Å². The molecule has 9 heteroatoms. The molecule has 0 atom stereocenters. The van der Waals surface area contributed by atoms with Crippen LogP contribution in [0.25, 0.3) is 10.9 Å². The molecular formula is C19H20FN5O3. The fourth-order valence-electron chi connectivity index (χ4n) is 2.68. The lowest BCUT2D eigenvalue weighted by Crippen LogP contribution is -2.04. The van der Waals surface area contributed by atoms with Crippen molar-refractivity contribution in [2.45, 2.75) is 6.54 Å². The van der Waals surface area contributed by atoms with Crippen molar-refractivity contribution in [2.75, 3.05) is 26.6 Å². The van der Waals surface area contributed by atoms with Gasteiger partial charge in [0.2, 0.25) is 0 Å². The normalized spacial score (nSPS) is 10.3. The van der Waals surface area contributed by atoms with Crippen molar-refractivity contribution in [3.8, 4) is 17.2 Å². The number of hydrogen-bond acceptors (Lipinski definition) is 7. The first-order valence-corrected chi connectivity index (χ1v) is 8.36. The molecule has 0 bridgehead atoms. The maximum atomic E-state index is 14.1. The average molecular weight is 385 g/mol. The number of benzene rings is 2. The number of anilines is 1. The molecular weight excluding hydrogens is 365 g/mol. The standard InChI is InChI=1S/C19H20FN5O3/c1-26-14-5-4-12(16(8-14)27-2)9-21-19-15-6-13(20)7-17(28-3)18(15)22-10-24-25-11-23-19/h4-8,10-11H,9H2,1-3H3,(H,22,24)(H,21,23,25). The number of aromatic amines is 1. The Morgan fingerprint density at radius 1 is 1.00 bits per heavy atom. The second-order valence-corrected chi connectivity index (χ2v) is 5.65. The molecule has 0 aliphatic heterocycles. The third kappa shape index (κ3) is 4.20. The summed E-state index contributed by atoms with van der Waals surface area (Å²) in [6.07, 6.45) is 2.69. The largest absolute Gasteiger partial charge is 0.497 e. The first-order valence-electron chi connectivity index (χ1n) is 8.36. The Kier molecular flexibility index (Phi) is 6.05. The molecule has 146 valence electrons. The lowest BCUT2D eigenvalue weighted by molar-refractivity contribution is 0.391. The Morgan fingerprint density at radius 2 is 1.82 bits per heavy atom. The van der Waals surface area contributed by atoms with Crippen LogP contribution >= 0.6 is 0 Å². The highest BCUT2D eigenvalue weighted by molar-refractivity contribution is 5.92. The molecule has 0 saturated carbocycles. The van der Waals surface area contributed by atoms with E-state index in [1.807, 2.05) is 12.1 Å². The van der Waals surface area contributed by atoms with Crippen LogP contribution in [-0.4, -0.2) is 41.5 Å². The fourth-order valence-corrected chi connectivity index (χ4v) is 2.68. The van der Waals surface area contributed by atoms with E-state index < -0.39 is 5.82 Å². The van der Waals surface area contributed by atoms with Gasteiger partial charge in [-0.25, -0.2) is 14.4 Å². The summed E-state index contributed by atoms with van der Waals surface area (Å²) in [5.74, 6) is 1.54. The van der Waals surface area contributed by atoms with Gasteiger partial charge in [-0.3, -0.25) is 5.10 Å². The van der Waals surface area contributed by atoms with Crippen LogP contribution < -0.4 is 19.5 Å². The van der Waals surface area contributed by atoms with Gasteiger partial charge < -0.3 is 19.5 Å². The summed E-state index contributed by atoms with van der Waals surface area (Å²) >= 11 is 0. The van der Waals surface area contributed by atoms with Crippen molar-refractivity contribution in [1.82, 2.24) is 20.2 Å². The molecule has 2 aromatic carbocycles. The maximum absolute atomic E-state index is 14.1. The number of H-pyrrole nitrogens is 1. The minimum Gasteiger partial charge on any atom is -0.497 e. The lowest BCUT2D eigenvalue weighted by atomic mass is 10.1. The Hall–Kier alpha value is -3.62. The highest BCUT2D eigenvalue weighted by atomic mass is 19.1. The second-order valence-electron chi connectivity index (χ2n) is 5.65. The monoisotopic (exact) mass is 385 g/mol. The molecule has 3 rings (SSSR count). The van der Waals surface area contributed by atoms with Gasteiger partial charge in [-0.15, -0.1) is 0 Å². The van der Waals surface area contributed by atoms with Gasteiger partial charge in [0, 0.05) is 29.6 Å². The molecule has 2 N–H and O–H groups in total. The van der Waals surface area contributed by atoms with Crippen LogP contribution in [0, 0.1) is 5.82 Å². The number of nitrogens with zero attached hydrogens (tertiary/aromatic N) is 3. The fraction of sp³-hybridized carbons (Fsp3) is 0.211. The summed E-state index contributed by atoms with van der Waals surface area (Å²) in [6, 6.07) is 8.09. The van der Waals surface area contributed by atoms with Gasteiger partial charge in [-0.05, 0) is 18.2 Å². The van der Waals surface area contributed by atoms with Crippen molar-refractivity contribution in [2.24, 2.45) is 0 Å². The zero-order chi connectivity index (χ0) is 19.9. The number of rotatable bonds is 6. The molecule has 1 heterocycles. The number of nitrogens with one attached hydrogen (secondary N) is 2.